The number of amides is 1. The van der Waals surface area contributed by atoms with E-state index in [1.165, 1.54) is 6.42 Å². The number of carbonyl (C=O) groups excluding carboxylic acids is 1. The van der Waals surface area contributed by atoms with Crippen LogP contribution in [0, 0.1) is 6.92 Å². The molecular weight excluding hydrogens is 293 g/mol. The molecule has 2 heterocycles. The highest BCUT2D eigenvalue weighted by Gasteiger charge is 2.19. The van der Waals surface area contributed by atoms with Gasteiger partial charge < -0.3 is 10.6 Å². The largest absolute Gasteiger partial charge is 0.348 e. The van der Waals surface area contributed by atoms with Gasteiger partial charge in [0.15, 0.2) is 0 Å². The lowest BCUT2D eigenvalue weighted by Gasteiger charge is -2.22. The maximum atomic E-state index is 11.8. The number of nitrogens with one attached hydrogen (secondary N) is 2. The van der Waals surface area contributed by atoms with E-state index in [9.17, 15) is 4.79 Å². The number of hydrogen-bond donors (Lipinski definition) is 2. The van der Waals surface area contributed by atoms with Gasteiger partial charge in [-0.05, 0) is 26.3 Å². The van der Waals surface area contributed by atoms with Crippen LogP contribution in [0.5, 0.6) is 0 Å². The SMILES string of the molecule is Cc1csc(CNC(=O)[C@H]2CCCCN2)n1.Cl.Cl. The molecule has 2 N–H and O–H groups in total. The van der Waals surface area contributed by atoms with Crippen LogP contribution in [0.4, 0.5) is 0 Å². The second-order valence-electron chi connectivity index (χ2n) is 4.10. The van der Waals surface area contributed by atoms with Crippen molar-refractivity contribution in [3.8, 4) is 0 Å². The Kier molecular flexibility index (Phi) is 8.52. The highest BCUT2D eigenvalue weighted by atomic mass is 35.5. The molecule has 0 aromatic carbocycles. The van der Waals surface area contributed by atoms with Gasteiger partial charge in [0, 0.05) is 11.1 Å². The fourth-order valence-electron chi connectivity index (χ4n) is 1.85. The fraction of sp³-hybridized carbons (Fsp3) is 0.636. The quantitative estimate of drug-likeness (QED) is 0.898. The Morgan fingerprint density at radius 2 is 2.33 bits per heavy atom. The highest BCUT2D eigenvalue weighted by Crippen LogP contribution is 2.09. The summed E-state index contributed by atoms with van der Waals surface area (Å²) >= 11 is 1.59. The van der Waals surface area contributed by atoms with E-state index >= 15 is 0 Å². The molecule has 1 aromatic rings. The topological polar surface area (TPSA) is 54.0 Å². The Morgan fingerprint density at radius 3 is 2.89 bits per heavy atom. The molecule has 1 aliphatic heterocycles. The molecule has 2 rings (SSSR count). The number of rotatable bonds is 3. The van der Waals surface area contributed by atoms with Gasteiger partial charge >= 0.3 is 0 Å². The summed E-state index contributed by atoms with van der Waals surface area (Å²) in [7, 11) is 0. The van der Waals surface area contributed by atoms with Gasteiger partial charge in [0.2, 0.25) is 5.91 Å². The molecule has 1 saturated heterocycles. The fourth-order valence-corrected chi connectivity index (χ4v) is 2.56. The molecule has 104 valence electrons. The molecule has 1 fully saturated rings. The monoisotopic (exact) mass is 311 g/mol. The van der Waals surface area contributed by atoms with Crippen LogP contribution in [0.1, 0.15) is 30.0 Å². The molecule has 0 unspecified atom stereocenters. The lowest BCUT2D eigenvalue weighted by Crippen LogP contribution is -2.46. The van der Waals surface area contributed by atoms with E-state index in [0.29, 0.717) is 6.54 Å². The van der Waals surface area contributed by atoms with E-state index in [2.05, 4.69) is 15.6 Å². The van der Waals surface area contributed by atoms with Crippen molar-refractivity contribution in [2.45, 2.75) is 38.8 Å². The van der Waals surface area contributed by atoms with Gasteiger partial charge in [-0.15, -0.1) is 36.2 Å². The van der Waals surface area contributed by atoms with Crippen molar-refractivity contribution < 1.29 is 4.79 Å². The second kappa shape index (κ2) is 8.69. The van der Waals surface area contributed by atoms with Crippen LogP contribution in [-0.2, 0) is 11.3 Å². The average molecular weight is 312 g/mol. The van der Waals surface area contributed by atoms with Gasteiger partial charge in [-0.25, -0.2) is 4.98 Å². The van der Waals surface area contributed by atoms with Crippen molar-refractivity contribution >= 4 is 42.1 Å². The number of piperidine rings is 1. The van der Waals surface area contributed by atoms with Crippen LogP contribution in [0.15, 0.2) is 5.38 Å². The molecule has 1 aliphatic rings. The predicted octanol–water partition coefficient (Wildman–Crippen LogP) is 2.05. The molecule has 0 bridgehead atoms. The molecule has 0 spiro atoms. The standard InChI is InChI=1S/C11H17N3OS.2ClH/c1-8-7-16-10(14-8)6-13-11(15)9-4-2-3-5-12-9;;/h7,9,12H,2-6H2,1H3,(H,13,15);2*1H/t9-;;/m1../s1. The smallest absolute Gasteiger partial charge is 0.237 e. The van der Waals surface area contributed by atoms with Crippen molar-refractivity contribution in [3.05, 3.63) is 16.1 Å². The summed E-state index contributed by atoms with van der Waals surface area (Å²) in [5.74, 6) is 0.104. The Hall–Kier alpha value is -0.360. The summed E-state index contributed by atoms with van der Waals surface area (Å²) in [4.78, 5) is 16.1. The third kappa shape index (κ3) is 5.10. The van der Waals surface area contributed by atoms with Gasteiger partial charge in [0.25, 0.3) is 0 Å². The molecule has 1 amide bonds. The maximum absolute atomic E-state index is 11.8. The van der Waals surface area contributed by atoms with Crippen LogP contribution in [0.2, 0.25) is 0 Å². The van der Waals surface area contributed by atoms with Crippen LogP contribution < -0.4 is 10.6 Å². The second-order valence-corrected chi connectivity index (χ2v) is 5.05. The number of thiazole rings is 1. The molecular formula is C11H19Cl2N3OS. The Labute approximate surface area is 124 Å². The summed E-state index contributed by atoms with van der Waals surface area (Å²) < 4.78 is 0. The molecule has 4 nitrogen and oxygen atoms in total. The Balaban J connectivity index is 0.00000144. The molecule has 0 saturated carbocycles. The van der Waals surface area contributed by atoms with Crippen molar-refractivity contribution in [2.24, 2.45) is 0 Å². The predicted molar refractivity (Wildman–Crippen MR) is 78.8 cm³/mol. The summed E-state index contributed by atoms with van der Waals surface area (Å²) in [6.07, 6.45) is 3.26. The number of carbonyl (C=O) groups is 1. The minimum atomic E-state index is -0.00481. The van der Waals surface area contributed by atoms with Crippen molar-refractivity contribution in [1.82, 2.24) is 15.6 Å². The zero-order chi connectivity index (χ0) is 11.4. The van der Waals surface area contributed by atoms with Gasteiger partial charge in [0.05, 0.1) is 12.6 Å². The van der Waals surface area contributed by atoms with E-state index in [0.717, 1.165) is 30.1 Å². The van der Waals surface area contributed by atoms with E-state index in [-0.39, 0.29) is 36.8 Å². The Morgan fingerprint density at radius 1 is 1.56 bits per heavy atom. The summed E-state index contributed by atoms with van der Waals surface area (Å²) in [6, 6.07) is -0.00481. The number of hydrogen-bond acceptors (Lipinski definition) is 4. The summed E-state index contributed by atoms with van der Waals surface area (Å²) in [5.41, 5.74) is 1.02. The van der Waals surface area contributed by atoms with Crippen molar-refractivity contribution in [3.63, 3.8) is 0 Å². The van der Waals surface area contributed by atoms with Gasteiger partial charge in [0.1, 0.15) is 5.01 Å². The summed E-state index contributed by atoms with van der Waals surface area (Å²) in [5, 5.41) is 9.13. The first-order chi connectivity index (χ1) is 7.75. The normalized spacial score (nSPS) is 18.4. The van der Waals surface area contributed by atoms with Crippen molar-refractivity contribution in [2.75, 3.05) is 6.54 Å². The molecule has 1 aromatic heterocycles. The van der Waals surface area contributed by atoms with Gasteiger partial charge in [-0.2, -0.15) is 0 Å². The highest BCUT2D eigenvalue weighted by molar-refractivity contribution is 7.09. The lowest BCUT2D eigenvalue weighted by molar-refractivity contribution is -0.123. The molecule has 0 aliphatic carbocycles. The first kappa shape index (κ1) is 17.6. The average Bonchev–Trinajstić information content (AvgIpc) is 2.73. The summed E-state index contributed by atoms with van der Waals surface area (Å²) in [6.45, 7) is 3.47. The van der Waals surface area contributed by atoms with Gasteiger partial charge in [-0.1, -0.05) is 6.42 Å². The van der Waals surface area contributed by atoms with Crippen LogP contribution in [-0.4, -0.2) is 23.5 Å². The number of aryl methyl sites for hydroxylation is 1. The first-order valence-corrected chi connectivity index (χ1v) is 6.56. The number of aromatic nitrogens is 1. The maximum Gasteiger partial charge on any atom is 0.237 e. The van der Waals surface area contributed by atoms with Crippen LogP contribution in [0.25, 0.3) is 0 Å². The van der Waals surface area contributed by atoms with E-state index in [1.54, 1.807) is 11.3 Å². The minimum Gasteiger partial charge on any atom is -0.348 e. The Bertz CT molecular complexity index is 367. The van der Waals surface area contributed by atoms with E-state index < -0.39 is 0 Å². The van der Waals surface area contributed by atoms with Crippen molar-refractivity contribution in [1.29, 1.82) is 0 Å². The molecule has 18 heavy (non-hydrogen) atoms. The molecule has 1 atom stereocenters. The first-order valence-electron chi connectivity index (χ1n) is 5.68. The van der Waals surface area contributed by atoms with E-state index in [1.807, 2.05) is 12.3 Å². The van der Waals surface area contributed by atoms with Crippen LogP contribution in [0.3, 0.4) is 0 Å². The third-order valence-corrected chi connectivity index (χ3v) is 3.67. The van der Waals surface area contributed by atoms with E-state index in [4.69, 9.17) is 0 Å². The zero-order valence-corrected chi connectivity index (χ0v) is 12.7. The number of halogens is 2. The third-order valence-electron chi connectivity index (χ3n) is 2.71. The zero-order valence-electron chi connectivity index (χ0n) is 10.3. The minimum absolute atomic E-state index is 0. The van der Waals surface area contributed by atoms with Crippen LogP contribution >= 0.6 is 36.2 Å². The molecule has 7 heteroatoms. The lowest BCUT2D eigenvalue weighted by atomic mass is 10.0. The van der Waals surface area contributed by atoms with Gasteiger partial charge in [-0.3, -0.25) is 4.79 Å². The molecule has 0 radical (unpaired) electrons. The number of nitrogens with zero attached hydrogens (tertiary/aromatic N) is 1.